The lowest BCUT2D eigenvalue weighted by atomic mass is 9.98. The monoisotopic (exact) mass is 322 g/mol. The molecule has 0 radical (unpaired) electrons. The average molecular weight is 322 g/mol. The molecule has 0 aliphatic carbocycles. The first-order valence-corrected chi connectivity index (χ1v) is 7.56. The zero-order valence-electron chi connectivity index (χ0n) is 14.4. The fraction of sp³-hybridized carbons (Fsp3) is 0.529. The van der Waals surface area contributed by atoms with Gasteiger partial charge in [-0.2, -0.15) is 0 Å². The molecule has 0 unspecified atom stereocenters. The molecule has 0 bridgehead atoms. The van der Waals surface area contributed by atoms with Crippen molar-refractivity contribution >= 4 is 12.0 Å². The van der Waals surface area contributed by atoms with E-state index in [1.807, 2.05) is 30.3 Å². The number of carbonyl (C=O) groups is 2. The SMILES string of the molecule is CON(C)C(=O)[C@H](CCc1ccccc1)N(C(=O)O)C(C)(C)C. The molecule has 128 valence electrons. The molecule has 0 spiro atoms. The van der Waals surface area contributed by atoms with Gasteiger partial charge in [-0.05, 0) is 39.2 Å². The number of carboxylic acid groups (broad SMARTS) is 1. The van der Waals surface area contributed by atoms with E-state index < -0.39 is 17.7 Å². The summed E-state index contributed by atoms with van der Waals surface area (Å²) >= 11 is 0. The molecule has 1 rings (SSSR count). The number of aryl methyl sites for hydroxylation is 1. The van der Waals surface area contributed by atoms with Crippen molar-refractivity contribution < 1.29 is 19.5 Å². The van der Waals surface area contributed by atoms with Crippen LogP contribution in [0.1, 0.15) is 32.8 Å². The molecule has 0 aliphatic rings. The summed E-state index contributed by atoms with van der Waals surface area (Å²) in [4.78, 5) is 30.5. The smallest absolute Gasteiger partial charge is 0.408 e. The van der Waals surface area contributed by atoms with Gasteiger partial charge in [0.05, 0.1) is 7.11 Å². The van der Waals surface area contributed by atoms with Crippen molar-refractivity contribution in [3.8, 4) is 0 Å². The fourth-order valence-corrected chi connectivity index (χ4v) is 2.50. The first kappa shape index (κ1) is 19.0. The summed E-state index contributed by atoms with van der Waals surface area (Å²) in [6.45, 7) is 5.32. The second-order valence-electron chi connectivity index (χ2n) is 6.38. The number of carbonyl (C=O) groups excluding carboxylic acids is 1. The summed E-state index contributed by atoms with van der Waals surface area (Å²) in [6.07, 6.45) is -0.122. The molecular weight excluding hydrogens is 296 g/mol. The van der Waals surface area contributed by atoms with E-state index >= 15 is 0 Å². The van der Waals surface area contributed by atoms with Gasteiger partial charge in [-0.1, -0.05) is 30.3 Å². The van der Waals surface area contributed by atoms with Crippen LogP contribution in [0, 0.1) is 0 Å². The molecule has 0 fully saturated rings. The van der Waals surface area contributed by atoms with E-state index in [0.29, 0.717) is 12.8 Å². The van der Waals surface area contributed by atoms with E-state index in [9.17, 15) is 14.7 Å². The van der Waals surface area contributed by atoms with E-state index in [0.717, 1.165) is 10.6 Å². The molecule has 1 aromatic carbocycles. The summed E-state index contributed by atoms with van der Waals surface area (Å²) in [5, 5.41) is 10.7. The predicted octanol–water partition coefficient (Wildman–Crippen LogP) is 2.79. The lowest BCUT2D eigenvalue weighted by molar-refractivity contribution is -0.175. The highest BCUT2D eigenvalue weighted by Gasteiger charge is 2.38. The number of benzene rings is 1. The van der Waals surface area contributed by atoms with Gasteiger partial charge in [0, 0.05) is 12.6 Å². The van der Waals surface area contributed by atoms with Crippen molar-refractivity contribution in [2.45, 2.75) is 45.2 Å². The van der Waals surface area contributed by atoms with Crippen LogP contribution in [0.2, 0.25) is 0 Å². The van der Waals surface area contributed by atoms with Crippen molar-refractivity contribution in [3.63, 3.8) is 0 Å². The molecule has 0 heterocycles. The Hall–Kier alpha value is -2.08. The number of nitrogens with zero attached hydrogens (tertiary/aromatic N) is 2. The Morgan fingerprint density at radius 2 is 1.78 bits per heavy atom. The van der Waals surface area contributed by atoms with Crippen LogP contribution < -0.4 is 0 Å². The minimum Gasteiger partial charge on any atom is -0.465 e. The number of rotatable bonds is 6. The fourth-order valence-electron chi connectivity index (χ4n) is 2.50. The summed E-state index contributed by atoms with van der Waals surface area (Å²) in [5.74, 6) is -0.374. The Kier molecular flexibility index (Phi) is 6.57. The van der Waals surface area contributed by atoms with Gasteiger partial charge < -0.3 is 5.11 Å². The van der Waals surface area contributed by atoms with E-state index in [-0.39, 0.29) is 5.91 Å². The first-order valence-electron chi connectivity index (χ1n) is 7.56. The van der Waals surface area contributed by atoms with Crippen LogP contribution in [0.15, 0.2) is 30.3 Å². The van der Waals surface area contributed by atoms with E-state index in [2.05, 4.69) is 0 Å². The molecule has 0 saturated heterocycles. The lowest BCUT2D eigenvalue weighted by Gasteiger charge is -2.39. The van der Waals surface area contributed by atoms with Crippen LogP contribution >= 0.6 is 0 Å². The number of amides is 2. The zero-order valence-corrected chi connectivity index (χ0v) is 14.4. The van der Waals surface area contributed by atoms with Crippen molar-refractivity contribution in [1.82, 2.24) is 9.96 Å². The van der Waals surface area contributed by atoms with Crippen LogP contribution in [0.5, 0.6) is 0 Å². The second kappa shape index (κ2) is 7.97. The molecule has 1 aromatic rings. The highest BCUT2D eigenvalue weighted by molar-refractivity contribution is 5.84. The largest absolute Gasteiger partial charge is 0.465 e. The average Bonchev–Trinajstić information content (AvgIpc) is 2.49. The molecule has 0 saturated carbocycles. The topological polar surface area (TPSA) is 70.1 Å². The summed E-state index contributed by atoms with van der Waals surface area (Å²) in [5.41, 5.74) is 0.363. The van der Waals surface area contributed by atoms with Gasteiger partial charge in [-0.15, -0.1) is 0 Å². The molecule has 6 heteroatoms. The Bertz CT molecular complexity index is 525. The predicted molar refractivity (Wildman–Crippen MR) is 87.9 cm³/mol. The maximum absolute atomic E-state index is 12.6. The minimum absolute atomic E-state index is 0.374. The van der Waals surface area contributed by atoms with Crippen molar-refractivity contribution in [1.29, 1.82) is 0 Å². The van der Waals surface area contributed by atoms with Crippen LogP contribution in [-0.4, -0.2) is 52.8 Å². The third kappa shape index (κ3) is 5.25. The maximum atomic E-state index is 12.6. The van der Waals surface area contributed by atoms with E-state index in [1.165, 1.54) is 19.1 Å². The van der Waals surface area contributed by atoms with Gasteiger partial charge in [0.1, 0.15) is 6.04 Å². The van der Waals surface area contributed by atoms with Gasteiger partial charge in [0.15, 0.2) is 0 Å². The lowest BCUT2D eigenvalue weighted by Crippen LogP contribution is -2.57. The Morgan fingerprint density at radius 3 is 2.22 bits per heavy atom. The highest BCUT2D eigenvalue weighted by Crippen LogP contribution is 2.22. The van der Waals surface area contributed by atoms with Crippen molar-refractivity contribution in [2.24, 2.45) is 0 Å². The third-order valence-electron chi connectivity index (χ3n) is 3.66. The van der Waals surface area contributed by atoms with Gasteiger partial charge in [0.25, 0.3) is 5.91 Å². The maximum Gasteiger partial charge on any atom is 0.408 e. The molecule has 6 nitrogen and oxygen atoms in total. The van der Waals surface area contributed by atoms with Gasteiger partial charge >= 0.3 is 6.09 Å². The second-order valence-corrected chi connectivity index (χ2v) is 6.38. The molecule has 2 amide bonds. The summed E-state index contributed by atoms with van der Waals surface area (Å²) in [7, 11) is 2.87. The van der Waals surface area contributed by atoms with Crippen LogP contribution in [0.4, 0.5) is 4.79 Å². The molecule has 0 aromatic heterocycles. The molecule has 0 aliphatic heterocycles. The Balaban J connectivity index is 3.05. The summed E-state index contributed by atoms with van der Waals surface area (Å²) < 4.78 is 0. The third-order valence-corrected chi connectivity index (χ3v) is 3.66. The van der Waals surface area contributed by atoms with Crippen LogP contribution in [0.25, 0.3) is 0 Å². The molecule has 1 atom stereocenters. The zero-order chi connectivity index (χ0) is 17.6. The van der Waals surface area contributed by atoms with Crippen molar-refractivity contribution in [3.05, 3.63) is 35.9 Å². The Labute approximate surface area is 137 Å². The highest BCUT2D eigenvalue weighted by atomic mass is 16.7. The van der Waals surface area contributed by atoms with Crippen molar-refractivity contribution in [2.75, 3.05) is 14.2 Å². The minimum atomic E-state index is -1.12. The van der Waals surface area contributed by atoms with Crippen LogP contribution in [-0.2, 0) is 16.1 Å². The van der Waals surface area contributed by atoms with Gasteiger partial charge in [-0.25, -0.2) is 9.86 Å². The standard InChI is InChI=1S/C17H26N2O4/c1-17(2,3)19(16(21)22)14(15(20)18(4)23-5)12-11-13-9-7-6-8-10-13/h6-10,14H,11-12H2,1-5H3,(H,21,22)/t14-/m0/s1. The van der Waals surface area contributed by atoms with E-state index in [4.69, 9.17) is 4.84 Å². The number of likely N-dealkylation sites (N-methyl/N-ethyl adjacent to an activating group) is 1. The molecule has 1 N–H and O–H groups in total. The first-order chi connectivity index (χ1) is 10.7. The van der Waals surface area contributed by atoms with E-state index in [1.54, 1.807) is 20.8 Å². The number of hydrogen-bond acceptors (Lipinski definition) is 3. The van der Waals surface area contributed by atoms with Crippen LogP contribution in [0.3, 0.4) is 0 Å². The molecule has 23 heavy (non-hydrogen) atoms. The van der Waals surface area contributed by atoms with Gasteiger partial charge in [-0.3, -0.25) is 14.5 Å². The molecular formula is C17H26N2O4. The Morgan fingerprint density at radius 1 is 1.22 bits per heavy atom. The number of hydrogen-bond donors (Lipinski definition) is 1. The number of hydroxylamine groups is 2. The van der Waals surface area contributed by atoms with Gasteiger partial charge in [0.2, 0.25) is 0 Å². The quantitative estimate of drug-likeness (QED) is 0.818. The summed E-state index contributed by atoms with van der Waals surface area (Å²) in [6, 6.07) is 8.88. The normalized spacial score (nSPS) is 12.6.